The van der Waals surface area contributed by atoms with Crippen LogP contribution in [-0.4, -0.2) is 28.0 Å². The minimum Gasteiger partial charge on any atom is -0.495 e. The lowest BCUT2D eigenvalue weighted by Crippen LogP contribution is -2.40. The normalized spacial score (nSPS) is 11.0. The van der Waals surface area contributed by atoms with Crippen LogP contribution in [0.1, 0.15) is 5.56 Å². The Hall–Kier alpha value is -3.39. The van der Waals surface area contributed by atoms with Crippen molar-refractivity contribution in [3.63, 3.8) is 0 Å². The molecule has 0 aliphatic rings. The fourth-order valence-corrected chi connectivity index (χ4v) is 4.30. The monoisotopic (exact) mass is 428 g/mol. The SMILES string of the molecule is COc1ccccc1N(CC(=O)NCc1ccc(F)cc1)S(=O)(=O)c1ccccc1. The molecular weight excluding hydrogens is 407 g/mol. The van der Waals surface area contributed by atoms with Crippen molar-refractivity contribution in [1.82, 2.24) is 5.32 Å². The number of carbonyl (C=O) groups is 1. The van der Waals surface area contributed by atoms with Crippen molar-refractivity contribution >= 4 is 21.6 Å². The van der Waals surface area contributed by atoms with Crippen LogP contribution < -0.4 is 14.4 Å². The molecule has 0 unspecified atom stereocenters. The highest BCUT2D eigenvalue weighted by molar-refractivity contribution is 7.92. The summed E-state index contributed by atoms with van der Waals surface area (Å²) in [6.07, 6.45) is 0. The van der Waals surface area contributed by atoms with Crippen LogP contribution in [0.25, 0.3) is 0 Å². The number of benzene rings is 3. The van der Waals surface area contributed by atoms with Crippen molar-refractivity contribution in [2.24, 2.45) is 0 Å². The lowest BCUT2D eigenvalue weighted by atomic mass is 10.2. The Kier molecular flexibility index (Phi) is 6.68. The van der Waals surface area contributed by atoms with Crippen LogP contribution in [0.2, 0.25) is 0 Å². The highest BCUT2D eigenvalue weighted by Gasteiger charge is 2.29. The topological polar surface area (TPSA) is 75.7 Å². The van der Waals surface area contributed by atoms with Gasteiger partial charge in [0.25, 0.3) is 10.0 Å². The zero-order chi connectivity index (χ0) is 21.6. The van der Waals surface area contributed by atoms with Gasteiger partial charge in [-0.3, -0.25) is 9.10 Å². The third kappa shape index (κ3) is 4.96. The molecule has 6 nitrogen and oxygen atoms in total. The molecule has 3 aromatic carbocycles. The summed E-state index contributed by atoms with van der Waals surface area (Å²) in [5.74, 6) is -0.561. The summed E-state index contributed by atoms with van der Waals surface area (Å²) >= 11 is 0. The van der Waals surface area contributed by atoms with E-state index in [0.29, 0.717) is 11.3 Å². The molecule has 156 valence electrons. The first-order chi connectivity index (χ1) is 14.4. The summed E-state index contributed by atoms with van der Waals surface area (Å²) in [6, 6.07) is 20.1. The van der Waals surface area contributed by atoms with E-state index in [1.807, 2.05) is 0 Å². The van der Waals surface area contributed by atoms with Crippen LogP contribution >= 0.6 is 0 Å². The number of hydrogen-bond acceptors (Lipinski definition) is 4. The van der Waals surface area contributed by atoms with Crippen molar-refractivity contribution in [2.75, 3.05) is 18.0 Å². The lowest BCUT2D eigenvalue weighted by Gasteiger charge is -2.25. The number of carbonyl (C=O) groups excluding carboxylic acids is 1. The van der Waals surface area contributed by atoms with Crippen LogP contribution in [-0.2, 0) is 21.4 Å². The van der Waals surface area contributed by atoms with E-state index in [-0.39, 0.29) is 22.9 Å². The van der Waals surface area contributed by atoms with Gasteiger partial charge >= 0.3 is 0 Å². The molecule has 8 heteroatoms. The Morgan fingerprint density at radius 2 is 1.60 bits per heavy atom. The third-order valence-electron chi connectivity index (χ3n) is 4.38. The number of halogens is 1. The maximum absolute atomic E-state index is 13.3. The number of amides is 1. The first kappa shape index (κ1) is 21.3. The van der Waals surface area contributed by atoms with Crippen LogP contribution in [0, 0.1) is 5.82 Å². The molecule has 1 amide bonds. The fraction of sp³-hybridized carbons (Fsp3) is 0.136. The van der Waals surface area contributed by atoms with E-state index >= 15 is 0 Å². The van der Waals surface area contributed by atoms with E-state index < -0.39 is 22.5 Å². The number of ether oxygens (including phenoxy) is 1. The minimum absolute atomic E-state index is 0.0576. The summed E-state index contributed by atoms with van der Waals surface area (Å²) in [7, 11) is -2.60. The van der Waals surface area contributed by atoms with Crippen LogP contribution in [0.5, 0.6) is 5.75 Å². The Balaban J connectivity index is 1.88. The molecule has 0 radical (unpaired) electrons. The van der Waals surface area contributed by atoms with Crippen molar-refractivity contribution in [3.05, 3.63) is 90.2 Å². The smallest absolute Gasteiger partial charge is 0.264 e. The Bertz CT molecular complexity index is 1100. The van der Waals surface area contributed by atoms with Gasteiger partial charge in [-0.2, -0.15) is 0 Å². The summed E-state index contributed by atoms with van der Waals surface area (Å²) in [5, 5.41) is 2.67. The van der Waals surface area contributed by atoms with Crippen molar-refractivity contribution in [1.29, 1.82) is 0 Å². The predicted octanol–water partition coefficient (Wildman–Crippen LogP) is 3.35. The molecule has 0 saturated heterocycles. The van der Waals surface area contributed by atoms with Gasteiger partial charge in [-0.25, -0.2) is 12.8 Å². The highest BCUT2D eigenvalue weighted by Crippen LogP contribution is 2.32. The largest absolute Gasteiger partial charge is 0.495 e. The van der Waals surface area contributed by atoms with Gasteiger partial charge in [0, 0.05) is 6.54 Å². The number of methoxy groups -OCH3 is 1. The molecule has 0 aliphatic heterocycles. The summed E-state index contributed by atoms with van der Waals surface area (Å²) < 4.78 is 46.0. The van der Waals surface area contributed by atoms with Crippen LogP contribution in [0.15, 0.2) is 83.8 Å². The summed E-state index contributed by atoms with van der Waals surface area (Å²) in [5.41, 5.74) is 0.945. The van der Waals surface area contributed by atoms with E-state index in [1.54, 1.807) is 54.6 Å². The van der Waals surface area contributed by atoms with E-state index in [4.69, 9.17) is 4.74 Å². The van der Waals surface area contributed by atoms with Crippen molar-refractivity contribution in [2.45, 2.75) is 11.4 Å². The number of rotatable bonds is 8. The van der Waals surface area contributed by atoms with Crippen LogP contribution in [0.4, 0.5) is 10.1 Å². The number of nitrogens with one attached hydrogen (secondary N) is 1. The first-order valence-corrected chi connectivity index (χ1v) is 10.6. The average Bonchev–Trinajstić information content (AvgIpc) is 2.77. The van der Waals surface area contributed by atoms with E-state index in [2.05, 4.69) is 5.32 Å². The highest BCUT2D eigenvalue weighted by atomic mass is 32.2. The zero-order valence-electron chi connectivity index (χ0n) is 16.3. The Morgan fingerprint density at radius 3 is 2.27 bits per heavy atom. The molecule has 0 fully saturated rings. The maximum atomic E-state index is 13.3. The van der Waals surface area contributed by atoms with E-state index in [1.165, 1.54) is 31.4 Å². The molecule has 3 aromatic rings. The van der Waals surface area contributed by atoms with Gasteiger partial charge in [-0.05, 0) is 42.0 Å². The number of anilines is 1. The van der Waals surface area contributed by atoms with E-state index in [9.17, 15) is 17.6 Å². The zero-order valence-corrected chi connectivity index (χ0v) is 17.1. The molecule has 0 bridgehead atoms. The lowest BCUT2D eigenvalue weighted by molar-refractivity contribution is -0.119. The van der Waals surface area contributed by atoms with E-state index in [0.717, 1.165) is 4.31 Å². The quantitative estimate of drug-likeness (QED) is 0.597. The summed E-state index contributed by atoms with van der Waals surface area (Å²) in [4.78, 5) is 12.7. The predicted molar refractivity (Wildman–Crippen MR) is 112 cm³/mol. The first-order valence-electron chi connectivity index (χ1n) is 9.14. The Morgan fingerprint density at radius 1 is 0.967 bits per heavy atom. The third-order valence-corrected chi connectivity index (χ3v) is 6.15. The van der Waals surface area contributed by atoms with Gasteiger partial charge < -0.3 is 10.1 Å². The molecule has 0 aliphatic carbocycles. The van der Waals surface area contributed by atoms with Gasteiger partial charge in [0.05, 0.1) is 17.7 Å². The molecule has 3 rings (SSSR count). The van der Waals surface area contributed by atoms with Crippen LogP contribution in [0.3, 0.4) is 0 Å². The molecule has 1 N–H and O–H groups in total. The second-order valence-corrected chi connectivity index (χ2v) is 8.26. The Labute approximate surface area is 175 Å². The van der Waals surface area contributed by atoms with Gasteiger partial charge in [0.15, 0.2) is 0 Å². The molecule has 0 spiro atoms. The summed E-state index contributed by atoms with van der Waals surface area (Å²) in [6.45, 7) is -0.303. The molecule has 30 heavy (non-hydrogen) atoms. The van der Waals surface area contributed by atoms with Gasteiger partial charge in [-0.1, -0.05) is 42.5 Å². The molecule has 0 saturated carbocycles. The maximum Gasteiger partial charge on any atom is 0.264 e. The standard InChI is InChI=1S/C22H21FN2O4S/c1-29-21-10-6-5-9-20(21)25(30(27,28)19-7-3-2-4-8-19)16-22(26)24-15-17-11-13-18(23)14-12-17/h2-14H,15-16H2,1H3,(H,24,26). The number of para-hydroxylation sites is 2. The second-order valence-electron chi connectivity index (χ2n) is 6.40. The number of sulfonamides is 1. The van der Waals surface area contributed by atoms with Gasteiger partial charge in [0.1, 0.15) is 18.1 Å². The van der Waals surface area contributed by atoms with Crippen molar-refractivity contribution < 1.29 is 22.3 Å². The fourth-order valence-electron chi connectivity index (χ4n) is 2.84. The molecular formula is C22H21FN2O4S. The molecule has 0 atom stereocenters. The minimum atomic E-state index is -4.03. The van der Waals surface area contributed by atoms with Gasteiger partial charge in [0.2, 0.25) is 5.91 Å². The van der Waals surface area contributed by atoms with Gasteiger partial charge in [-0.15, -0.1) is 0 Å². The molecule has 0 aromatic heterocycles. The average molecular weight is 428 g/mol. The van der Waals surface area contributed by atoms with Crippen molar-refractivity contribution in [3.8, 4) is 5.75 Å². The molecule has 0 heterocycles. The number of nitrogens with zero attached hydrogens (tertiary/aromatic N) is 1. The number of hydrogen-bond donors (Lipinski definition) is 1. The second kappa shape index (κ2) is 9.41.